The van der Waals surface area contributed by atoms with E-state index < -0.39 is 0 Å². The number of carbonyl (C=O) groups excluding carboxylic acids is 2. The number of hydrogen-bond acceptors (Lipinski definition) is 3. The fourth-order valence-electron chi connectivity index (χ4n) is 1.85. The molecular weight excluding hydrogens is 262 g/mol. The summed E-state index contributed by atoms with van der Waals surface area (Å²) >= 11 is 5.12. The van der Waals surface area contributed by atoms with Gasteiger partial charge in [0, 0.05) is 19.3 Å². The van der Waals surface area contributed by atoms with E-state index in [4.69, 9.17) is 12.2 Å². The molecule has 1 heterocycles. The van der Waals surface area contributed by atoms with Crippen molar-refractivity contribution in [2.24, 2.45) is 0 Å². The molecule has 0 aliphatic carbocycles. The molecule has 0 saturated carbocycles. The highest BCUT2D eigenvalue weighted by atomic mass is 32.1. The first-order valence-electron chi connectivity index (χ1n) is 6.06. The van der Waals surface area contributed by atoms with E-state index in [-0.39, 0.29) is 11.8 Å². The highest BCUT2D eigenvalue weighted by Crippen LogP contribution is 2.24. The Kier molecular flexibility index (Phi) is 3.80. The van der Waals surface area contributed by atoms with E-state index in [9.17, 15) is 9.59 Å². The third-order valence-electron chi connectivity index (χ3n) is 2.88. The Morgan fingerprint density at radius 3 is 2.63 bits per heavy atom. The molecule has 1 aromatic rings. The lowest BCUT2D eigenvalue weighted by atomic mass is 10.1. The summed E-state index contributed by atoms with van der Waals surface area (Å²) in [5, 5.41) is 6.54. The highest BCUT2D eigenvalue weighted by Gasteiger charge is 2.32. The predicted molar refractivity (Wildman–Crippen MR) is 77.4 cm³/mol. The number of amides is 2. The SMILES string of the molecule is CCCNC(=S)Nc1ccc2c(c1)C(=O)N(C)C2=O. The number of hydrogen-bond donors (Lipinski definition) is 2. The Labute approximate surface area is 117 Å². The van der Waals surface area contributed by atoms with E-state index in [0.29, 0.717) is 21.9 Å². The number of carbonyl (C=O) groups is 2. The molecule has 0 fully saturated rings. The molecule has 0 unspecified atom stereocenters. The Balaban J connectivity index is 2.17. The van der Waals surface area contributed by atoms with Crippen molar-refractivity contribution in [1.82, 2.24) is 10.2 Å². The first kappa shape index (κ1) is 13.5. The standard InChI is InChI=1S/C13H15N3O2S/c1-3-6-14-13(19)15-8-4-5-9-10(7-8)12(18)16(2)11(9)17/h4-5,7H,3,6H2,1-2H3,(H2,14,15,19). The van der Waals surface area contributed by atoms with E-state index in [2.05, 4.69) is 10.6 Å². The smallest absolute Gasteiger partial charge is 0.261 e. The van der Waals surface area contributed by atoms with Crippen molar-refractivity contribution in [3.63, 3.8) is 0 Å². The van der Waals surface area contributed by atoms with E-state index >= 15 is 0 Å². The summed E-state index contributed by atoms with van der Waals surface area (Å²) in [5.41, 5.74) is 1.55. The first-order chi connectivity index (χ1) is 9.04. The molecule has 0 bridgehead atoms. The topological polar surface area (TPSA) is 61.4 Å². The van der Waals surface area contributed by atoms with E-state index in [1.165, 1.54) is 7.05 Å². The third-order valence-corrected chi connectivity index (χ3v) is 3.13. The van der Waals surface area contributed by atoms with Crippen molar-refractivity contribution in [2.75, 3.05) is 18.9 Å². The van der Waals surface area contributed by atoms with Gasteiger partial charge in [0.25, 0.3) is 11.8 Å². The van der Waals surface area contributed by atoms with E-state index in [1.807, 2.05) is 6.92 Å². The van der Waals surface area contributed by atoms with Crippen molar-refractivity contribution in [2.45, 2.75) is 13.3 Å². The van der Waals surface area contributed by atoms with Gasteiger partial charge in [0.15, 0.2) is 5.11 Å². The first-order valence-corrected chi connectivity index (χ1v) is 6.46. The average Bonchev–Trinajstić information content (AvgIpc) is 2.61. The molecule has 2 rings (SSSR count). The van der Waals surface area contributed by atoms with Crippen LogP contribution in [0.25, 0.3) is 0 Å². The largest absolute Gasteiger partial charge is 0.362 e. The average molecular weight is 277 g/mol. The van der Waals surface area contributed by atoms with Crippen LogP contribution in [0, 0.1) is 0 Å². The minimum Gasteiger partial charge on any atom is -0.362 e. The van der Waals surface area contributed by atoms with Crippen molar-refractivity contribution in [1.29, 1.82) is 0 Å². The van der Waals surface area contributed by atoms with Crippen LogP contribution in [0.15, 0.2) is 18.2 Å². The summed E-state index contributed by atoms with van der Waals surface area (Å²) in [5.74, 6) is -0.547. The van der Waals surface area contributed by atoms with Gasteiger partial charge in [-0.2, -0.15) is 0 Å². The zero-order valence-corrected chi connectivity index (χ0v) is 11.6. The van der Waals surface area contributed by atoms with Crippen LogP contribution < -0.4 is 10.6 Å². The maximum absolute atomic E-state index is 11.8. The Morgan fingerprint density at radius 1 is 1.26 bits per heavy atom. The summed E-state index contributed by atoms with van der Waals surface area (Å²) in [6.45, 7) is 2.84. The number of thiocarbonyl (C=S) groups is 1. The van der Waals surface area contributed by atoms with Crippen LogP contribution >= 0.6 is 12.2 Å². The van der Waals surface area contributed by atoms with Gasteiger partial charge in [0.2, 0.25) is 0 Å². The molecular formula is C13H15N3O2S. The lowest BCUT2D eigenvalue weighted by Crippen LogP contribution is -2.28. The summed E-state index contributed by atoms with van der Waals surface area (Å²) in [4.78, 5) is 24.7. The van der Waals surface area contributed by atoms with Crippen LogP contribution in [0.4, 0.5) is 5.69 Å². The maximum atomic E-state index is 11.8. The van der Waals surface area contributed by atoms with Gasteiger partial charge >= 0.3 is 0 Å². The summed E-state index contributed by atoms with van der Waals surface area (Å²) in [7, 11) is 1.48. The Bertz CT molecular complexity index is 557. The van der Waals surface area contributed by atoms with Crippen LogP contribution in [0.2, 0.25) is 0 Å². The van der Waals surface area contributed by atoms with Gasteiger partial charge in [0.1, 0.15) is 0 Å². The monoisotopic (exact) mass is 277 g/mol. The van der Waals surface area contributed by atoms with Gasteiger partial charge in [-0.05, 0) is 36.8 Å². The third kappa shape index (κ3) is 2.58. The van der Waals surface area contributed by atoms with Gasteiger partial charge in [0.05, 0.1) is 11.1 Å². The number of nitrogens with one attached hydrogen (secondary N) is 2. The second-order valence-corrected chi connectivity index (χ2v) is 4.72. The second-order valence-electron chi connectivity index (χ2n) is 4.31. The summed E-state index contributed by atoms with van der Waals surface area (Å²) < 4.78 is 0. The number of fused-ring (bicyclic) bond motifs is 1. The van der Waals surface area contributed by atoms with Crippen LogP contribution in [0.5, 0.6) is 0 Å². The highest BCUT2D eigenvalue weighted by molar-refractivity contribution is 7.80. The number of nitrogens with zero attached hydrogens (tertiary/aromatic N) is 1. The van der Waals surface area contributed by atoms with Crippen LogP contribution in [-0.4, -0.2) is 35.4 Å². The quantitative estimate of drug-likeness (QED) is 0.649. The Morgan fingerprint density at radius 2 is 1.95 bits per heavy atom. The molecule has 19 heavy (non-hydrogen) atoms. The molecule has 0 radical (unpaired) electrons. The van der Waals surface area contributed by atoms with Gasteiger partial charge < -0.3 is 10.6 Å². The van der Waals surface area contributed by atoms with Crippen molar-refractivity contribution in [3.05, 3.63) is 29.3 Å². The molecule has 2 N–H and O–H groups in total. The molecule has 0 spiro atoms. The molecule has 0 saturated heterocycles. The molecule has 100 valence electrons. The lowest BCUT2D eigenvalue weighted by Gasteiger charge is -2.10. The van der Waals surface area contributed by atoms with Crippen molar-refractivity contribution < 1.29 is 9.59 Å². The number of rotatable bonds is 3. The molecule has 0 atom stereocenters. The van der Waals surface area contributed by atoms with Crippen LogP contribution in [0.1, 0.15) is 34.1 Å². The van der Waals surface area contributed by atoms with Crippen LogP contribution in [-0.2, 0) is 0 Å². The van der Waals surface area contributed by atoms with Crippen LogP contribution in [0.3, 0.4) is 0 Å². The predicted octanol–water partition coefficient (Wildman–Crippen LogP) is 1.61. The molecule has 2 amide bonds. The number of imide groups is 1. The second kappa shape index (κ2) is 5.36. The molecule has 5 nitrogen and oxygen atoms in total. The summed E-state index contributed by atoms with van der Waals surface area (Å²) in [6, 6.07) is 5.03. The fraction of sp³-hybridized carbons (Fsp3) is 0.308. The normalized spacial score (nSPS) is 13.5. The van der Waals surface area contributed by atoms with Crippen molar-refractivity contribution >= 4 is 34.8 Å². The summed E-state index contributed by atoms with van der Waals surface area (Å²) in [6.07, 6.45) is 0.976. The molecule has 0 aromatic heterocycles. The van der Waals surface area contributed by atoms with E-state index in [1.54, 1.807) is 18.2 Å². The fourth-order valence-corrected chi connectivity index (χ4v) is 2.07. The molecule has 6 heteroatoms. The Hall–Kier alpha value is -1.95. The van der Waals surface area contributed by atoms with Crippen molar-refractivity contribution in [3.8, 4) is 0 Å². The molecule has 1 aliphatic heterocycles. The van der Waals surface area contributed by atoms with Gasteiger partial charge in [-0.25, -0.2) is 0 Å². The van der Waals surface area contributed by atoms with Gasteiger partial charge in [-0.1, -0.05) is 6.92 Å². The minimum absolute atomic E-state index is 0.266. The van der Waals surface area contributed by atoms with Gasteiger partial charge in [-0.15, -0.1) is 0 Å². The number of benzene rings is 1. The zero-order chi connectivity index (χ0) is 14.0. The van der Waals surface area contributed by atoms with Gasteiger partial charge in [-0.3, -0.25) is 14.5 Å². The number of anilines is 1. The zero-order valence-electron chi connectivity index (χ0n) is 10.8. The minimum atomic E-state index is -0.281. The van der Waals surface area contributed by atoms with E-state index in [0.717, 1.165) is 17.9 Å². The maximum Gasteiger partial charge on any atom is 0.261 e. The molecule has 1 aromatic carbocycles. The lowest BCUT2D eigenvalue weighted by molar-refractivity contribution is 0.0693. The molecule has 1 aliphatic rings.